The van der Waals surface area contributed by atoms with Crippen LogP contribution in [-0.2, 0) is 11.2 Å². The van der Waals surface area contributed by atoms with Gasteiger partial charge >= 0.3 is 23.7 Å². The minimum Gasteiger partial charge on any atom is -0.385 e. The van der Waals surface area contributed by atoms with Gasteiger partial charge in [0.1, 0.15) is 0 Å². The van der Waals surface area contributed by atoms with Crippen molar-refractivity contribution in [3.8, 4) is 0 Å². The summed E-state index contributed by atoms with van der Waals surface area (Å²) in [7, 11) is 0. The van der Waals surface area contributed by atoms with Gasteiger partial charge in [-0.25, -0.2) is 0 Å². The van der Waals surface area contributed by atoms with Gasteiger partial charge in [-0.2, -0.15) is 35.1 Å². The van der Waals surface area contributed by atoms with Crippen molar-refractivity contribution in [2.75, 3.05) is 0 Å². The molecule has 2 atom stereocenters. The van der Waals surface area contributed by atoms with Gasteiger partial charge in [0.25, 0.3) is 0 Å². The van der Waals surface area contributed by atoms with E-state index in [1.807, 2.05) is 0 Å². The molecule has 0 saturated carbocycles. The van der Waals surface area contributed by atoms with Crippen LogP contribution in [0.25, 0.3) is 0 Å². The lowest BCUT2D eigenvalue weighted by atomic mass is 9.82. The predicted octanol–water partition coefficient (Wildman–Crippen LogP) is 6.12. The maximum Gasteiger partial charge on any atom is 0.378 e. The van der Waals surface area contributed by atoms with Gasteiger partial charge in [0.05, 0.1) is 24.0 Å². The van der Waals surface area contributed by atoms with E-state index in [-0.39, 0.29) is 11.1 Å². The molecule has 0 aliphatic rings. The fraction of sp³-hybridized carbons (Fsp3) is 0.455. The van der Waals surface area contributed by atoms with Gasteiger partial charge < -0.3 is 10.2 Å². The zero-order valence-electron chi connectivity index (χ0n) is 17.1. The lowest BCUT2D eigenvalue weighted by Crippen LogP contribution is -2.64. The van der Waals surface area contributed by atoms with E-state index in [0.29, 0.717) is 13.8 Å². The van der Waals surface area contributed by atoms with E-state index in [0.717, 1.165) is 24.3 Å². The molecule has 0 aliphatic heterocycles. The van der Waals surface area contributed by atoms with E-state index in [2.05, 4.69) is 0 Å². The lowest BCUT2D eigenvalue weighted by Gasteiger charge is -2.41. The van der Waals surface area contributed by atoms with Crippen LogP contribution in [0.4, 0.5) is 35.1 Å². The van der Waals surface area contributed by atoms with Gasteiger partial charge in [-0.1, -0.05) is 60.7 Å². The zero-order valence-corrected chi connectivity index (χ0v) is 17.1. The van der Waals surface area contributed by atoms with Gasteiger partial charge in [-0.05, 0) is 25.0 Å². The van der Waals surface area contributed by atoms with E-state index in [9.17, 15) is 45.3 Å². The Balaban J connectivity index is 2.36. The highest BCUT2D eigenvalue weighted by molar-refractivity contribution is 5.24. The molecule has 2 N–H and O–H groups in total. The Bertz CT molecular complexity index is 821. The summed E-state index contributed by atoms with van der Waals surface area (Å²) in [6.07, 6.45) is -4.50. The highest BCUT2D eigenvalue weighted by Crippen LogP contribution is 2.57. The molecule has 2 nitrogen and oxygen atoms in total. The first kappa shape index (κ1) is 26.1. The standard InChI is InChI=1S/C22H22F8O2/c1-17(31,15-9-5-3-6-10-15)13-19(23,24)21(27,28)22(29,30)20(25,26)14-18(2,32)16-11-7-4-8-12-16/h3-12,31-32H,13-14H2,1-2H3. The minimum atomic E-state index is -6.56. The Labute approximate surface area is 179 Å². The van der Waals surface area contributed by atoms with Crippen molar-refractivity contribution < 1.29 is 45.3 Å². The normalized spacial score (nSPS) is 17.5. The van der Waals surface area contributed by atoms with Crippen LogP contribution in [0, 0.1) is 0 Å². The summed E-state index contributed by atoms with van der Waals surface area (Å²) in [6.45, 7) is 1.37. The molecule has 2 aromatic carbocycles. The molecule has 0 spiro atoms. The van der Waals surface area contributed by atoms with Crippen LogP contribution in [0.1, 0.15) is 37.8 Å². The van der Waals surface area contributed by atoms with Crippen molar-refractivity contribution in [2.24, 2.45) is 0 Å². The molecule has 0 saturated heterocycles. The third-order valence-corrected chi connectivity index (χ3v) is 5.24. The van der Waals surface area contributed by atoms with Crippen LogP contribution < -0.4 is 0 Å². The first-order valence-electron chi connectivity index (χ1n) is 9.44. The molecule has 0 amide bonds. The zero-order chi connectivity index (χ0) is 24.6. The largest absolute Gasteiger partial charge is 0.385 e. The Hall–Kier alpha value is -2.20. The summed E-state index contributed by atoms with van der Waals surface area (Å²) in [6, 6.07) is 12.4. The molecular weight excluding hydrogens is 448 g/mol. The quantitative estimate of drug-likeness (QED) is 0.434. The molecule has 0 bridgehead atoms. The summed E-state index contributed by atoms with van der Waals surface area (Å²) in [5, 5.41) is 20.4. The second-order valence-electron chi connectivity index (χ2n) is 8.19. The molecule has 178 valence electrons. The number of alkyl halides is 8. The number of hydrogen-bond donors (Lipinski definition) is 2. The van der Waals surface area contributed by atoms with Crippen molar-refractivity contribution >= 4 is 0 Å². The van der Waals surface area contributed by atoms with Gasteiger partial charge in [-0.15, -0.1) is 0 Å². The predicted molar refractivity (Wildman–Crippen MR) is 101 cm³/mol. The van der Waals surface area contributed by atoms with E-state index < -0.39 is 47.7 Å². The first-order valence-corrected chi connectivity index (χ1v) is 9.44. The molecule has 32 heavy (non-hydrogen) atoms. The smallest absolute Gasteiger partial charge is 0.378 e. The average molecular weight is 470 g/mol. The minimum absolute atomic E-state index is 0.294. The van der Waals surface area contributed by atoms with Crippen LogP contribution in [0.15, 0.2) is 60.7 Å². The van der Waals surface area contributed by atoms with Gasteiger partial charge in [0.15, 0.2) is 0 Å². The number of rotatable bonds is 9. The summed E-state index contributed by atoms with van der Waals surface area (Å²) in [4.78, 5) is 0. The van der Waals surface area contributed by atoms with Crippen molar-refractivity contribution in [2.45, 2.75) is 61.6 Å². The van der Waals surface area contributed by atoms with Crippen LogP contribution in [0.2, 0.25) is 0 Å². The van der Waals surface area contributed by atoms with Crippen LogP contribution in [-0.4, -0.2) is 33.9 Å². The van der Waals surface area contributed by atoms with Crippen molar-refractivity contribution in [1.82, 2.24) is 0 Å². The maximum atomic E-state index is 14.4. The monoisotopic (exact) mass is 470 g/mol. The summed E-state index contributed by atoms with van der Waals surface area (Å²) >= 11 is 0. The van der Waals surface area contributed by atoms with E-state index in [4.69, 9.17) is 0 Å². The second kappa shape index (κ2) is 8.30. The summed E-state index contributed by atoms with van der Waals surface area (Å²) in [5.74, 6) is -24.6. The maximum absolute atomic E-state index is 14.4. The van der Waals surface area contributed by atoms with Gasteiger partial charge in [0.2, 0.25) is 0 Å². The van der Waals surface area contributed by atoms with Crippen LogP contribution in [0.5, 0.6) is 0 Å². The number of benzene rings is 2. The second-order valence-corrected chi connectivity index (χ2v) is 8.19. The Morgan fingerprint density at radius 2 is 0.781 bits per heavy atom. The van der Waals surface area contributed by atoms with E-state index >= 15 is 0 Å². The third-order valence-electron chi connectivity index (χ3n) is 5.24. The fourth-order valence-corrected chi connectivity index (χ4v) is 3.34. The number of aliphatic hydroxyl groups is 2. The molecule has 2 aromatic rings. The number of hydrogen-bond acceptors (Lipinski definition) is 2. The van der Waals surface area contributed by atoms with E-state index in [1.54, 1.807) is 0 Å². The molecule has 0 heterocycles. The summed E-state index contributed by atoms with van der Waals surface area (Å²) in [5.41, 5.74) is -6.04. The molecule has 0 radical (unpaired) electrons. The topological polar surface area (TPSA) is 40.5 Å². The molecular formula is C22H22F8O2. The molecule has 10 heteroatoms. The van der Waals surface area contributed by atoms with Crippen molar-refractivity contribution in [1.29, 1.82) is 0 Å². The molecule has 0 aromatic heterocycles. The van der Waals surface area contributed by atoms with E-state index in [1.165, 1.54) is 36.4 Å². The first-order chi connectivity index (χ1) is 14.4. The van der Waals surface area contributed by atoms with Gasteiger partial charge in [0, 0.05) is 0 Å². The Morgan fingerprint density at radius 3 is 1.03 bits per heavy atom. The van der Waals surface area contributed by atoms with Crippen LogP contribution in [0.3, 0.4) is 0 Å². The molecule has 2 rings (SSSR count). The Kier molecular flexibility index (Phi) is 6.75. The SMILES string of the molecule is CC(O)(CC(F)(F)C(F)(F)C(F)(F)C(F)(F)CC(C)(O)c1ccccc1)c1ccccc1. The third kappa shape index (κ3) is 4.76. The van der Waals surface area contributed by atoms with Crippen molar-refractivity contribution in [3.63, 3.8) is 0 Å². The average Bonchev–Trinajstić information content (AvgIpc) is 2.67. The summed E-state index contributed by atoms with van der Waals surface area (Å²) < 4.78 is 115. The van der Waals surface area contributed by atoms with Gasteiger partial charge in [-0.3, -0.25) is 0 Å². The highest BCUT2D eigenvalue weighted by Gasteiger charge is 2.81. The molecule has 0 fully saturated rings. The Morgan fingerprint density at radius 1 is 0.531 bits per heavy atom. The molecule has 0 aliphatic carbocycles. The molecule has 2 unspecified atom stereocenters. The lowest BCUT2D eigenvalue weighted by molar-refractivity contribution is -0.377. The number of halogens is 8. The highest BCUT2D eigenvalue weighted by atomic mass is 19.4. The van der Waals surface area contributed by atoms with Crippen LogP contribution >= 0.6 is 0 Å². The van der Waals surface area contributed by atoms with Crippen molar-refractivity contribution in [3.05, 3.63) is 71.8 Å². The fourth-order valence-electron chi connectivity index (χ4n) is 3.34.